The number of aryl methyl sites for hydroxylation is 1. The van der Waals surface area contributed by atoms with Crippen molar-refractivity contribution in [1.82, 2.24) is 0 Å². The van der Waals surface area contributed by atoms with Crippen molar-refractivity contribution in [3.05, 3.63) is 47.5 Å². The highest BCUT2D eigenvalue weighted by Crippen LogP contribution is 2.37. The van der Waals surface area contributed by atoms with Crippen molar-refractivity contribution in [3.63, 3.8) is 0 Å². The predicted molar refractivity (Wildman–Crippen MR) is 96.9 cm³/mol. The van der Waals surface area contributed by atoms with Crippen molar-refractivity contribution < 1.29 is 33.2 Å². The van der Waals surface area contributed by atoms with Gasteiger partial charge in [0.2, 0.25) is 0 Å². The van der Waals surface area contributed by atoms with E-state index < -0.39 is 18.4 Å². The number of carbonyl (C=O) groups excluding carboxylic acids is 1. The van der Waals surface area contributed by atoms with Gasteiger partial charge in [0.25, 0.3) is 0 Å². The van der Waals surface area contributed by atoms with Crippen molar-refractivity contribution >= 4 is 6.16 Å². The van der Waals surface area contributed by atoms with Gasteiger partial charge in [0.1, 0.15) is 6.61 Å². The highest BCUT2D eigenvalue weighted by atomic mass is 16.8. The first-order valence-corrected chi connectivity index (χ1v) is 8.42. The van der Waals surface area contributed by atoms with Crippen LogP contribution in [-0.4, -0.2) is 40.2 Å². The Balaban J connectivity index is 1.91. The molecule has 0 bridgehead atoms. The SMILES string of the molecule is COc1ccc(C2OC(=O)OCC2Oc2ccc(C)cc2OC)cc1OC. The Hall–Kier alpha value is -3.09. The molecule has 0 radical (unpaired) electrons. The van der Waals surface area contributed by atoms with Gasteiger partial charge in [-0.1, -0.05) is 12.1 Å². The van der Waals surface area contributed by atoms with Crippen LogP contribution in [0.15, 0.2) is 36.4 Å². The van der Waals surface area contributed by atoms with E-state index in [1.807, 2.05) is 25.1 Å². The molecule has 0 N–H and O–H groups in total. The van der Waals surface area contributed by atoms with E-state index in [4.69, 9.17) is 28.4 Å². The Kier molecular flexibility index (Phi) is 5.59. The van der Waals surface area contributed by atoms with Crippen LogP contribution >= 0.6 is 0 Å². The van der Waals surface area contributed by atoms with Gasteiger partial charge in [-0.25, -0.2) is 4.79 Å². The number of hydrogen-bond donors (Lipinski definition) is 0. The predicted octanol–water partition coefficient (Wildman–Crippen LogP) is 3.68. The van der Waals surface area contributed by atoms with E-state index in [1.165, 1.54) is 0 Å². The average Bonchev–Trinajstić information content (AvgIpc) is 2.69. The minimum atomic E-state index is -0.745. The van der Waals surface area contributed by atoms with E-state index in [-0.39, 0.29) is 6.61 Å². The van der Waals surface area contributed by atoms with E-state index in [2.05, 4.69) is 0 Å². The molecule has 2 unspecified atom stereocenters. The summed E-state index contributed by atoms with van der Waals surface area (Å²) < 4.78 is 32.5. The van der Waals surface area contributed by atoms with E-state index in [9.17, 15) is 4.79 Å². The van der Waals surface area contributed by atoms with Crippen molar-refractivity contribution in [3.8, 4) is 23.0 Å². The van der Waals surface area contributed by atoms with Crippen molar-refractivity contribution in [2.45, 2.75) is 19.1 Å². The Morgan fingerprint density at radius 1 is 0.889 bits per heavy atom. The van der Waals surface area contributed by atoms with Crippen LogP contribution in [0.25, 0.3) is 0 Å². The lowest BCUT2D eigenvalue weighted by Crippen LogP contribution is -2.39. The van der Waals surface area contributed by atoms with Crippen molar-refractivity contribution in [2.75, 3.05) is 27.9 Å². The fourth-order valence-electron chi connectivity index (χ4n) is 2.89. The zero-order valence-electron chi connectivity index (χ0n) is 15.7. The molecule has 3 rings (SSSR count). The molecule has 1 saturated heterocycles. The monoisotopic (exact) mass is 374 g/mol. The molecular weight excluding hydrogens is 352 g/mol. The maximum absolute atomic E-state index is 11.7. The second kappa shape index (κ2) is 8.07. The zero-order valence-corrected chi connectivity index (χ0v) is 15.7. The van der Waals surface area contributed by atoms with Crippen molar-refractivity contribution in [1.29, 1.82) is 0 Å². The second-order valence-corrected chi connectivity index (χ2v) is 6.02. The van der Waals surface area contributed by atoms with Crippen LogP contribution in [0.4, 0.5) is 4.79 Å². The molecule has 27 heavy (non-hydrogen) atoms. The quantitative estimate of drug-likeness (QED) is 0.714. The lowest BCUT2D eigenvalue weighted by Gasteiger charge is -2.31. The van der Waals surface area contributed by atoms with Crippen LogP contribution in [0.5, 0.6) is 23.0 Å². The summed E-state index contributed by atoms with van der Waals surface area (Å²) in [4.78, 5) is 11.7. The van der Waals surface area contributed by atoms with Gasteiger partial charge in [-0.15, -0.1) is 0 Å². The maximum Gasteiger partial charge on any atom is 0.509 e. The summed E-state index contributed by atoms with van der Waals surface area (Å²) in [6, 6.07) is 10.9. The Morgan fingerprint density at radius 3 is 2.26 bits per heavy atom. The minimum absolute atomic E-state index is 0.0505. The molecule has 0 aromatic heterocycles. The third kappa shape index (κ3) is 4.02. The molecule has 2 aromatic rings. The first-order chi connectivity index (χ1) is 13.0. The zero-order chi connectivity index (χ0) is 19.4. The number of carbonyl (C=O) groups is 1. The number of hydrogen-bond acceptors (Lipinski definition) is 7. The topological polar surface area (TPSA) is 72.5 Å². The van der Waals surface area contributed by atoms with E-state index >= 15 is 0 Å². The van der Waals surface area contributed by atoms with Crippen LogP contribution in [0, 0.1) is 6.92 Å². The first kappa shape index (κ1) is 18.7. The van der Waals surface area contributed by atoms with Gasteiger partial charge in [0.15, 0.2) is 35.2 Å². The third-order valence-electron chi connectivity index (χ3n) is 4.26. The number of ether oxygens (including phenoxy) is 6. The van der Waals surface area contributed by atoms with Gasteiger partial charge >= 0.3 is 6.16 Å². The van der Waals surface area contributed by atoms with Crippen molar-refractivity contribution in [2.24, 2.45) is 0 Å². The van der Waals surface area contributed by atoms with Gasteiger partial charge in [0, 0.05) is 5.56 Å². The molecule has 144 valence electrons. The fourth-order valence-corrected chi connectivity index (χ4v) is 2.89. The summed E-state index contributed by atoms with van der Waals surface area (Å²) in [7, 11) is 4.68. The van der Waals surface area contributed by atoms with Crippen LogP contribution < -0.4 is 18.9 Å². The number of cyclic esters (lactones) is 2. The average molecular weight is 374 g/mol. The number of benzene rings is 2. The maximum atomic E-state index is 11.7. The molecule has 0 saturated carbocycles. The molecule has 2 atom stereocenters. The fraction of sp³-hybridized carbons (Fsp3) is 0.350. The molecule has 1 fully saturated rings. The van der Waals surface area contributed by atoms with Gasteiger partial charge in [-0.05, 0) is 36.8 Å². The molecule has 7 nitrogen and oxygen atoms in total. The Labute approximate surface area is 157 Å². The highest BCUT2D eigenvalue weighted by Gasteiger charge is 2.36. The number of methoxy groups -OCH3 is 3. The summed E-state index contributed by atoms with van der Waals surface area (Å²) in [6.07, 6.45) is -1.97. The van der Waals surface area contributed by atoms with Gasteiger partial charge in [-0.2, -0.15) is 0 Å². The molecule has 1 aliphatic rings. The molecule has 0 amide bonds. The van der Waals surface area contributed by atoms with E-state index in [0.717, 1.165) is 5.56 Å². The van der Waals surface area contributed by atoms with Crippen LogP contribution in [-0.2, 0) is 9.47 Å². The molecule has 1 aliphatic heterocycles. The molecule has 2 aromatic carbocycles. The summed E-state index contributed by atoms with van der Waals surface area (Å²) in [5.41, 5.74) is 1.75. The summed E-state index contributed by atoms with van der Waals surface area (Å²) in [6.45, 7) is 2.01. The smallest absolute Gasteiger partial charge is 0.493 e. The number of rotatable bonds is 6. The largest absolute Gasteiger partial charge is 0.509 e. The standard InChI is InChI=1S/C20H22O7/c1-12-5-7-15(16(9-12)23-3)26-18-11-25-20(21)27-19(18)13-6-8-14(22-2)17(10-13)24-4/h5-10,18-19H,11H2,1-4H3. The Bertz CT molecular complexity index is 818. The molecule has 7 heteroatoms. The van der Waals surface area contributed by atoms with Crippen LogP contribution in [0.1, 0.15) is 17.2 Å². The third-order valence-corrected chi connectivity index (χ3v) is 4.26. The summed E-state index contributed by atoms with van der Waals surface area (Å²) in [5.74, 6) is 2.25. The first-order valence-electron chi connectivity index (χ1n) is 8.42. The normalized spacial score (nSPS) is 18.9. The van der Waals surface area contributed by atoms with Crippen LogP contribution in [0.2, 0.25) is 0 Å². The summed E-state index contributed by atoms with van der Waals surface area (Å²) >= 11 is 0. The Morgan fingerprint density at radius 2 is 1.56 bits per heavy atom. The van der Waals surface area contributed by atoms with Gasteiger partial charge in [0.05, 0.1) is 21.3 Å². The second-order valence-electron chi connectivity index (χ2n) is 6.02. The molecule has 0 spiro atoms. The lowest BCUT2D eigenvalue weighted by atomic mass is 10.0. The van der Waals surface area contributed by atoms with E-state index in [0.29, 0.717) is 28.6 Å². The minimum Gasteiger partial charge on any atom is -0.493 e. The van der Waals surface area contributed by atoms with Crippen LogP contribution in [0.3, 0.4) is 0 Å². The van der Waals surface area contributed by atoms with Gasteiger partial charge in [-0.3, -0.25) is 0 Å². The molecule has 0 aliphatic carbocycles. The summed E-state index contributed by atoms with van der Waals surface area (Å²) in [5, 5.41) is 0. The highest BCUT2D eigenvalue weighted by molar-refractivity contribution is 5.61. The molecular formula is C20H22O7. The van der Waals surface area contributed by atoms with Gasteiger partial charge < -0.3 is 28.4 Å². The molecule has 1 heterocycles. The lowest BCUT2D eigenvalue weighted by molar-refractivity contribution is -0.0904. The van der Waals surface area contributed by atoms with E-state index in [1.54, 1.807) is 39.5 Å².